The zero-order chi connectivity index (χ0) is 25.9. The molecule has 4 bridgehead atoms. The quantitative estimate of drug-likeness (QED) is 0.435. The third-order valence-electron chi connectivity index (χ3n) is 8.95. The van der Waals surface area contributed by atoms with Crippen LogP contribution < -0.4 is 20.5 Å². The predicted octanol–water partition coefficient (Wildman–Crippen LogP) is 4.51. The first-order chi connectivity index (χ1) is 18.4. The van der Waals surface area contributed by atoms with Crippen LogP contribution in [0.2, 0.25) is 0 Å². The van der Waals surface area contributed by atoms with Crippen LogP contribution in [0.5, 0.6) is 5.88 Å². The summed E-state index contributed by atoms with van der Waals surface area (Å²) < 4.78 is 13.0. The molecule has 10 heteroatoms. The van der Waals surface area contributed by atoms with E-state index in [1.165, 1.54) is 12.7 Å². The van der Waals surface area contributed by atoms with Crippen molar-refractivity contribution in [1.82, 2.24) is 19.9 Å². The topological polar surface area (TPSA) is 105 Å². The molecule has 8 rings (SSSR count). The van der Waals surface area contributed by atoms with Gasteiger partial charge >= 0.3 is 0 Å². The Morgan fingerprint density at radius 2 is 2.05 bits per heavy atom. The van der Waals surface area contributed by atoms with E-state index in [0.29, 0.717) is 42.4 Å². The number of thiazole rings is 1. The molecule has 38 heavy (non-hydrogen) atoms. The van der Waals surface area contributed by atoms with Gasteiger partial charge in [-0.15, -0.1) is 11.3 Å². The van der Waals surface area contributed by atoms with E-state index < -0.39 is 0 Å². The monoisotopic (exact) mass is 534 g/mol. The van der Waals surface area contributed by atoms with Crippen molar-refractivity contribution >= 4 is 22.8 Å². The maximum atomic E-state index is 12.9. The Labute approximate surface area is 226 Å². The van der Waals surface area contributed by atoms with E-state index in [1.54, 1.807) is 11.3 Å². The van der Waals surface area contributed by atoms with E-state index in [0.717, 1.165) is 42.8 Å². The summed E-state index contributed by atoms with van der Waals surface area (Å²) >= 11 is 1.66. The van der Waals surface area contributed by atoms with E-state index in [-0.39, 0.29) is 28.8 Å². The van der Waals surface area contributed by atoms with Gasteiger partial charge in [-0.05, 0) is 70.3 Å². The molecule has 2 N–H and O–H groups in total. The summed E-state index contributed by atoms with van der Waals surface area (Å²) in [5.74, 6) is 2.59. The molecular weight excluding hydrogens is 500 g/mol. The van der Waals surface area contributed by atoms with Crippen LogP contribution in [0.15, 0.2) is 40.9 Å². The van der Waals surface area contributed by atoms with Gasteiger partial charge in [-0.25, -0.2) is 15.0 Å². The number of aryl methyl sites for hydroxylation is 1. The highest BCUT2D eigenvalue weighted by Crippen LogP contribution is 2.65. The minimum atomic E-state index is -0.148. The average Bonchev–Trinajstić information content (AvgIpc) is 3.52. The normalized spacial score (nSPS) is 31.7. The number of hydrogen-bond acceptors (Lipinski definition) is 9. The molecule has 0 radical (unpaired) electrons. The molecular formula is C28H34N6O3S. The maximum absolute atomic E-state index is 12.9. The molecule has 4 aliphatic carbocycles. The lowest BCUT2D eigenvalue weighted by Crippen LogP contribution is -2.64. The van der Waals surface area contributed by atoms with Crippen LogP contribution in [0.3, 0.4) is 0 Å². The number of rotatable bonds is 8. The van der Waals surface area contributed by atoms with Crippen LogP contribution in [0.1, 0.15) is 56.2 Å². The summed E-state index contributed by atoms with van der Waals surface area (Å²) in [6.07, 6.45) is 9.94. The van der Waals surface area contributed by atoms with Gasteiger partial charge in [0.05, 0.1) is 25.1 Å². The van der Waals surface area contributed by atoms with Gasteiger partial charge in [0.25, 0.3) is 5.56 Å². The molecule has 0 aromatic carbocycles. The predicted molar refractivity (Wildman–Crippen MR) is 145 cm³/mol. The van der Waals surface area contributed by atoms with E-state index in [4.69, 9.17) is 9.47 Å². The molecule has 4 fully saturated rings. The molecule has 4 saturated carbocycles. The molecule has 0 saturated heterocycles. The van der Waals surface area contributed by atoms with Crippen molar-refractivity contribution < 1.29 is 9.47 Å². The second-order valence-corrected chi connectivity index (χ2v) is 12.9. The summed E-state index contributed by atoms with van der Waals surface area (Å²) in [6.45, 7) is 5.19. The fourth-order valence-electron chi connectivity index (χ4n) is 8.13. The van der Waals surface area contributed by atoms with Gasteiger partial charge in [-0.2, -0.15) is 0 Å². The SMILES string of the molecule is Cc1cccc(OC(C)CN2c3nc[nH]c(=O)c3NC2C23CC4CC(CC(OCc5nccs5)(C4)C2)C3)n1. The van der Waals surface area contributed by atoms with Crippen LogP contribution in [0, 0.1) is 24.2 Å². The standard InChI is InChI=1S/C28H34N6O3S/c1-17-4-3-5-21(32-17)37-18(2)13-34-24-23(25(35)31-16-30-24)33-26(34)27-9-19-8-20(10-27)12-28(11-19,15-27)36-14-22-29-6-7-38-22/h3-7,16,18-20,26,33H,8-15H2,1-2H3,(H,30,31,35). The number of pyridine rings is 1. The minimum absolute atomic E-state index is 0.0125. The highest BCUT2D eigenvalue weighted by Gasteiger charge is 2.63. The number of aromatic amines is 1. The first kappa shape index (κ1) is 24.1. The number of fused-ring (bicyclic) bond motifs is 1. The zero-order valence-corrected chi connectivity index (χ0v) is 22.7. The number of aromatic nitrogens is 4. The molecule has 4 unspecified atom stereocenters. The first-order valence-corrected chi connectivity index (χ1v) is 14.5. The highest BCUT2D eigenvalue weighted by molar-refractivity contribution is 7.09. The van der Waals surface area contributed by atoms with E-state index >= 15 is 0 Å². The molecule has 3 aromatic heterocycles. The Morgan fingerprint density at radius 1 is 1.21 bits per heavy atom. The summed E-state index contributed by atoms with van der Waals surface area (Å²) in [5.41, 5.74) is 1.21. The van der Waals surface area contributed by atoms with Crippen molar-refractivity contribution in [2.45, 2.75) is 76.9 Å². The van der Waals surface area contributed by atoms with Gasteiger partial charge in [0.2, 0.25) is 5.88 Å². The summed E-state index contributed by atoms with van der Waals surface area (Å²) in [6, 6.07) is 5.81. The molecule has 4 atom stereocenters. The second-order valence-electron chi connectivity index (χ2n) is 11.9. The number of nitrogens with zero attached hydrogens (tertiary/aromatic N) is 4. The number of ether oxygens (including phenoxy) is 2. The molecule has 1 aliphatic heterocycles. The first-order valence-electron chi connectivity index (χ1n) is 13.6. The lowest BCUT2D eigenvalue weighted by atomic mass is 9.47. The molecule has 3 aromatic rings. The highest BCUT2D eigenvalue weighted by atomic mass is 32.1. The largest absolute Gasteiger partial charge is 0.473 e. The van der Waals surface area contributed by atoms with E-state index in [1.807, 2.05) is 36.7 Å². The molecule has 0 amide bonds. The Morgan fingerprint density at radius 3 is 2.82 bits per heavy atom. The number of hydrogen-bond donors (Lipinski definition) is 2. The van der Waals surface area contributed by atoms with Gasteiger partial charge in [-0.1, -0.05) is 6.07 Å². The van der Waals surface area contributed by atoms with Crippen LogP contribution in [-0.4, -0.2) is 44.4 Å². The van der Waals surface area contributed by atoms with Crippen molar-refractivity contribution in [2.24, 2.45) is 17.3 Å². The van der Waals surface area contributed by atoms with E-state index in [2.05, 4.69) is 37.1 Å². The third kappa shape index (κ3) is 4.18. The third-order valence-corrected chi connectivity index (χ3v) is 9.71. The molecule has 5 aliphatic rings. The van der Waals surface area contributed by atoms with Crippen LogP contribution in [0.4, 0.5) is 11.5 Å². The maximum Gasteiger partial charge on any atom is 0.276 e. The van der Waals surface area contributed by atoms with Gasteiger partial charge in [0, 0.05) is 28.8 Å². The second kappa shape index (κ2) is 9.05. The summed E-state index contributed by atoms with van der Waals surface area (Å²) in [5, 5.41) is 6.71. The Balaban J connectivity index is 1.19. The number of H-pyrrole nitrogens is 1. The van der Waals surface area contributed by atoms with Crippen LogP contribution in [0.25, 0.3) is 0 Å². The van der Waals surface area contributed by atoms with Crippen molar-refractivity contribution in [2.75, 3.05) is 16.8 Å². The van der Waals surface area contributed by atoms with Gasteiger partial charge < -0.3 is 24.7 Å². The molecule has 9 nitrogen and oxygen atoms in total. The molecule has 200 valence electrons. The van der Waals surface area contributed by atoms with Crippen molar-refractivity contribution in [3.63, 3.8) is 0 Å². The van der Waals surface area contributed by atoms with Gasteiger partial charge in [-0.3, -0.25) is 4.79 Å². The fourth-order valence-corrected chi connectivity index (χ4v) is 8.66. The average molecular weight is 535 g/mol. The summed E-state index contributed by atoms with van der Waals surface area (Å²) in [7, 11) is 0. The van der Waals surface area contributed by atoms with Crippen LogP contribution in [-0.2, 0) is 11.3 Å². The van der Waals surface area contributed by atoms with Crippen molar-refractivity contribution in [1.29, 1.82) is 0 Å². The van der Waals surface area contributed by atoms with E-state index in [9.17, 15) is 4.79 Å². The smallest absolute Gasteiger partial charge is 0.276 e. The fraction of sp³-hybridized carbons (Fsp3) is 0.571. The zero-order valence-electron chi connectivity index (χ0n) is 21.9. The number of anilines is 2. The van der Waals surface area contributed by atoms with Crippen molar-refractivity contribution in [3.8, 4) is 5.88 Å². The number of nitrogens with one attached hydrogen (secondary N) is 2. The van der Waals surface area contributed by atoms with Gasteiger partial charge in [0.1, 0.15) is 23.0 Å². The molecule has 0 spiro atoms. The molecule has 4 heterocycles. The van der Waals surface area contributed by atoms with Crippen LogP contribution >= 0.6 is 11.3 Å². The lowest BCUT2D eigenvalue weighted by Gasteiger charge is -2.64. The van der Waals surface area contributed by atoms with Gasteiger partial charge in [0.15, 0.2) is 5.82 Å². The van der Waals surface area contributed by atoms with Crippen molar-refractivity contribution in [3.05, 3.63) is 57.2 Å². The summed E-state index contributed by atoms with van der Waals surface area (Å²) in [4.78, 5) is 31.5. The Kier molecular flexibility index (Phi) is 5.74. The Bertz CT molecular complexity index is 1360. The lowest BCUT2D eigenvalue weighted by molar-refractivity contribution is -0.201. The minimum Gasteiger partial charge on any atom is -0.473 e. The Hall–Kier alpha value is -2.98.